The van der Waals surface area contributed by atoms with Crippen molar-refractivity contribution in [3.63, 3.8) is 0 Å². The summed E-state index contributed by atoms with van der Waals surface area (Å²) < 4.78 is 10.7. The molecule has 0 bridgehead atoms. The summed E-state index contributed by atoms with van der Waals surface area (Å²) in [5.74, 6) is 0.636. The lowest BCUT2D eigenvalue weighted by atomic mass is 10.1. The topological polar surface area (TPSA) is 80.6 Å². The first kappa shape index (κ1) is 13.2. The van der Waals surface area contributed by atoms with Gasteiger partial charge in [0.1, 0.15) is 11.5 Å². The number of benzene rings is 1. The number of rotatable bonds is 4. The van der Waals surface area contributed by atoms with Crippen LogP contribution in [0.2, 0.25) is 0 Å². The van der Waals surface area contributed by atoms with E-state index in [0.717, 1.165) is 0 Å². The molecule has 1 aromatic heterocycles. The molecule has 3 rings (SSSR count). The average Bonchev–Trinajstić information content (AvgIpc) is 2.99. The Hall–Kier alpha value is -2.76. The fourth-order valence-electron chi connectivity index (χ4n) is 2.07. The number of fused-ring (bicyclic) bond motifs is 1. The zero-order valence-electron chi connectivity index (χ0n) is 11.2. The maximum atomic E-state index is 11.9. The number of carbonyl (C=O) groups is 2. The van der Waals surface area contributed by atoms with Gasteiger partial charge in [-0.15, -0.1) is 0 Å². The van der Waals surface area contributed by atoms with Crippen molar-refractivity contribution in [2.75, 3.05) is 5.32 Å². The molecule has 0 saturated carbocycles. The molecule has 0 fully saturated rings. The lowest BCUT2D eigenvalue weighted by molar-refractivity contribution is -0.130. The van der Waals surface area contributed by atoms with E-state index < -0.39 is 6.10 Å². The van der Waals surface area contributed by atoms with Crippen LogP contribution in [0.25, 0.3) is 0 Å². The molecule has 1 aliphatic heterocycles. The molecule has 1 unspecified atom stereocenters. The van der Waals surface area contributed by atoms with Gasteiger partial charge in [-0.2, -0.15) is 0 Å². The quantitative estimate of drug-likeness (QED) is 0.896. The van der Waals surface area contributed by atoms with E-state index in [1.807, 2.05) is 6.07 Å². The maximum Gasteiger partial charge on any atom is 0.266 e. The normalized spacial score (nSPS) is 16.6. The van der Waals surface area contributed by atoms with Crippen LogP contribution < -0.4 is 15.4 Å². The number of hydrogen-bond donors (Lipinski definition) is 2. The van der Waals surface area contributed by atoms with Crippen LogP contribution in [-0.2, 0) is 16.1 Å². The summed E-state index contributed by atoms with van der Waals surface area (Å²) in [5.41, 5.74) is 0.620. The van der Waals surface area contributed by atoms with E-state index in [-0.39, 0.29) is 24.8 Å². The van der Waals surface area contributed by atoms with Crippen molar-refractivity contribution in [2.45, 2.75) is 19.1 Å². The van der Waals surface area contributed by atoms with E-state index in [1.54, 1.807) is 30.3 Å². The number of para-hydroxylation sites is 2. The SMILES string of the molecule is O=C(CC1Oc2ccccc2NC1=O)NCc1ccco1. The Labute approximate surface area is 121 Å². The molecule has 0 radical (unpaired) electrons. The van der Waals surface area contributed by atoms with Crippen LogP contribution in [0.15, 0.2) is 47.1 Å². The molecule has 108 valence electrons. The van der Waals surface area contributed by atoms with Gasteiger partial charge >= 0.3 is 0 Å². The molecule has 6 nitrogen and oxygen atoms in total. The molecule has 2 amide bonds. The molecule has 2 N–H and O–H groups in total. The lowest BCUT2D eigenvalue weighted by Gasteiger charge is -2.25. The molecule has 0 spiro atoms. The van der Waals surface area contributed by atoms with E-state index in [4.69, 9.17) is 9.15 Å². The minimum atomic E-state index is -0.823. The summed E-state index contributed by atoms with van der Waals surface area (Å²) in [4.78, 5) is 23.7. The van der Waals surface area contributed by atoms with Gasteiger partial charge in [0.2, 0.25) is 5.91 Å². The third kappa shape index (κ3) is 3.05. The first-order valence-electron chi connectivity index (χ1n) is 6.58. The summed E-state index contributed by atoms with van der Waals surface area (Å²) in [7, 11) is 0. The fourth-order valence-corrected chi connectivity index (χ4v) is 2.07. The average molecular weight is 286 g/mol. The van der Waals surface area contributed by atoms with Crippen molar-refractivity contribution in [3.05, 3.63) is 48.4 Å². The molecular weight excluding hydrogens is 272 g/mol. The van der Waals surface area contributed by atoms with Gasteiger partial charge in [-0.05, 0) is 24.3 Å². The lowest BCUT2D eigenvalue weighted by Crippen LogP contribution is -2.40. The van der Waals surface area contributed by atoms with Gasteiger partial charge < -0.3 is 19.8 Å². The van der Waals surface area contributed by atoms with Crippen LogP contribution in [0.3, 0.4) is 0 Å². The van der Waals surface area contributed by atoms with Gasteiger partial charge in [0.25, 0.3) is 5.91 Å². The second-order valence-corrected chi connectivity index (χ2v) is 4.65. The minimum absolute atomic E-state index is 0.0408. The van der Waals surface area contributed by atoms with E-state index in [2.05, 4.69) is 10.6 Å². The highest BCUT2D eigenvalue weighted by Gasteiger charge is 2.29. The summed E-state index contributed by atoms with van der Waals surface area (Å²) >= 11 is 0. The standard InChI is InChI=1S/C15H14N2O4/c18-14(16-9-10-4-3-7-20-10)8-13-15(19)17-11-5-1-2-6-12(11)21-13/h1-7,13H,8-9H2,(H,16,18)(H,17,19). The highest BCUT2D eigenvalue weighted by Crippen LogP contribution is 2.29. The van der Waals surface area contributed by atoms with E-state index >= 15 is 0 Å². The number of amides is 2. The van der Waals surface area contributed by atoms with Crippen LogP contribution in [0.5, 0.6) is 5.75 Å². The number of nitrogens with one attached hydrogen (secondary N) is 2. The summed E-state index contributed by atoms with van der Waals surface area (Å²) in [6, 6.07) is 10.6. The Bertz CT molecular complexity index is 651. The molecule has 1 aliphatic rings. The maximum absolute atomic E-state index is 11.9. The molecule has 1 atom stereocenters. The van der Waals surface area contributed by atoms with E-state index in [1.165, 1.54) is 6.26 Å². The van der Waals surface area contributed by atoms with Crippen molar-refractivity contribution in [1.82, 2.24) is 5.32 Å². The third-order valence-electron chi connectivity index (χ3n) is 3.12. The van der Waals surface area contributed by atoms with E-state index in [9.17, 15) is 9.59 Å². The molecule has 1 aromatic carbocycles. The molecule has 21 heavy (non-hydrogen) atoms. The van der Waals surface area contributed by atoms with Crippen LogP contribution in [0.4, 0.5) is 5.69 Å². The Balaban J connectivity index is 1.57. The van der Waals surface area contributed by atoms with Gasteiger partial charge in [0.15, 0.2) is 6.10 Å². The van der Waals surface area contributed by atoms with Crippen molar-refractivity contribution in [1.29, 1.82) is 0 Å². The van der Waals surface area contributed by atoms with Gasteiger partial charge in [-0.1, -0.05) is 12.1 Å². The number of hydrogen-bond acceptors (Lipinski definition) is 4. The van der Waals surface area contributed by atoms with Crippen LogP contribution in [-0.4, -0.2) is 17.9 Å². The van der Waals surface area contributed by atoms with E-state index in [0.29, 0.717) is 17.2 Å². The Kier molecular flexibility index (Phi) is 3.59. The minimum Gasteiger partial charge on any atom is -0.478 e. The van der Waals surface area contributed by atoms with Crippen LogP contribution in [0, 0.1) is 0 Å². The van der Waals surface area contributed by atoms with Crippen molar-refractivity contribution in [2.24, 2.45) is 0 Å². The van der Waals surface area contributed by atoms with Crippen molar-refractivity contribution >= 4 is 17.5 Å². The molecule has 2 heterocycles. The first-order valence-corrected chi connectivity index (χ1v) is 6.58. The molecule has 0 saturated heterocycles. The van der Waals surface area contributed by atoms with Crippen LogP contribution in [0.1, 0.15) is 12.2 Å². The first-order chi connectivity index (χ1) is 10.2. The van der Waals surface area contributed by atoms with Crippen molar-refractivity contribution < 1.29 is 18.7 Å². The third-order valence-corrected chi connectivity index (χ3v) is 3.12. The monoisotopic (exact) mass is 286 g/mol. The number of furan rings is 1. The van der Waals surface area contributed by atoms with Gasteiger partial charge in [-0.25, -0.2) is 0 Å². The predicted octanol–water partition coefficient (Wildman–Crippen LogP) is 1.69. The summed E-state index contributed by atoms with van der Waals surface area (Å²) in [6.07, 6.45) is 0.674. The zero-order valence-corrected chi connectivity index (χ0v) is 11.2. The second kappa shape index (κ2) is 5.70. The zero-order chi connectivity index (χ0) is 14.7. The van der Waals surface area contributed by atoms with Crippen LogP contribution >= 0.6 is 0 Å². The molecule has 6 heteroatoms. The molecular formula is C15H14N2O4. The summed E-state index contributed by atoms with van der Waals surface area (Å²) in [6.45, 7) is 0.288. The smallest absolute Gasteiger partial charge is 0.266 e. The highest BCUT2D eigenvalue weighted by atomic mass is 16.5. The predicted molar refractivity (Wildman–Crippen MR) is 74.7 cm³/mol. The van der Waals surface area contributed by atoms with Crippen molar-refractivity contribution in [3.8, 4) is 5.75 Å². The van der Waals surface area contributed by atoms with Gasteiger partial charge in [0.05, 0.1) is 24.9 Å². The molecule has 0 aliphatic carbocycles. The Morgan fingerprint density at radius 1 is 1.24 bits per heavy atom. The molecule has 2 aromatic rings. The highest BCUT2D eigenvalue weighted by molar-refractivity contribution is 5.99. The summed E-state index contributed by atoms with van der Waals surface area (Å²) in [5, 5.41) is 5.41. The Morgan fingerprint density at radius 2 is 2.10 bits per heavy atom. The second-order valence-electron chi connectivity index (χ2n) is 4.65. The van der Waals surface area contributed by atoms with Gasteiger partial charge in [-0.3, -0.25) is 9.59 Å². The fraction of sp³-hybridized carbons (Fsp3) is 0.200. The number of ether oxygens (including phenoxy) is 1. The largest absolute Gasteiger partial charge is 0.478 e. The van der Waals surface area contributed by atoms with Gasteiger partial charge in [0, 0.05) is 0 Å². The number of anilines is 1. The number of carbonyl (C=O) groups excluding carboxylic acids is 2. The Morgan fingerprint density at radius 3 is 2.90 bits per heavy atom.